The molecule has 0 aromatic carbocycles. The second-order valence-corrected chi connectivity index (χ2v) is 11.0. The molecule has 1 unspecified atom stereocenters. The molecule has 4 rings (SSSR count). The Morgan fingerprint density at radius 2 is 2.00 bits per heavy atom. The van der Waals surface area contributed by atoms with Crippen molar-refractivity contribution >= 4 is 21.9 Å². The van der Waals surface area contributed by atoms with Crippen LogP contribution in [-0.4, -0.2) is 30.1 Å². The lowest BCUT2D eigenvalue weighted by Gasteiger charge is -2.45. The lowest BCUT2D eigenvalue weighted by atomic mass is 9.60. The Kier molecular flexibility index (Phi) is 5.28. The molecule has 2 heterocycles. The van der Waals surface area contributed by atoms with Crippen LogP contribution in [0.5, 0.6) is 0 Å². The Balaban J connectivity index is 1.51. The van der Waals surface area contributed by atoms with Gasteiger partial charge in [0.15, 0.2) is 11.4 Å². The van der Waals surface area contributed by atoms with Crippen LogP contribution in [-0.2, 0) is 19.0 Å². The molecule has 4 aliphatic rings. The molecule has 2 saturated carbocycles. The van der Waals surface area contributed by atoms with Crippen molar-refractivity contribution in [3.8, 4) is 0 Å². The second kappa shape index (κ2) is 7.09. The maximum absolute atomic E-state index is 12.4. The summed E-state index contributed by atoms with van der Waals surface area (Å²) in [6.07, 6.45) is 7.25. The maximum atomic E-state index is 12.4. The lowest BCUT2D eigenvalue weighted by molar-refractivity contribution is -0.189. The molecule has 4 nitrogen and oxygen atoms in total. The molecule has 0 bridgehead atoms. The first-order chi connectivity index (χ1) is 13.1. The number of halogens is 1. The largest absolute Gasteiger partial charge is 0.463 e. The summed E-state index contributed by atoms with van der Waals surface area (Å²) >= 11 is 3.62. The maximum Gasteiger partial charge on any atom is 0.341 e. The Morgan fingerprint density at radius 1 is 1.25 bits per heavy atom. The number of ether oxygens (including phenoxy) is 3. The van der Waals surface area contributed by atoms with Crippen LogP contribution < -0.4 is 0 Å². The SMILES string of the molecule is C[C@H](C[C@@H]1COC(=O)[C@]2(C)OC(C)(C)O[C@H]12)[C@H]1CCC2/C(=C/Br)CCC[C@@]21C. The van der Waals surface area contributed by atoms with Gasteiger partial charge in [-0.3, -0.25) is 0 Å². The number of esters is 1. The summed E-state index contributed by atoms with van der Waals surface area (Å²) in [6, 6.07) is 0. The van der Waals surface area contributed by atoms with Crippen LogP contribution in [0.3, 0.4) is 0 Å². The monoisotopic (exact) mass is 454 g/mol. The van der Waals surface area contributed by atoms with Gasteiger partial charge in [-0.05, 0) is 87.5 Å². The van der Waals surface area contributed by atoms with Gasteiger partial charge in [-0.15, -0.1) is 0 Å². The van der Waals surface area contributed by atoms with Crippen molar-refractivity contribution < 1.29 is 19.0 Å². The minimum atomic E-state index is -0.981. The molecule has 0 N–H and O–H groups in total. The molecule has 0 aromatic heterocycles. The van der Waals surface area contributed by atoms with E-state index in [0.29, 0.717) is 29.8 Å². The summed E-state index contributed by atoms with van der Waals surface area (Å²) in [5.74, 6) is 1.17. The molecule has 5 heteroatoms. The molecule has 0 amide bonds. The highest BCUT2D eigenvalue weighted by molar-refractivity contribution is 9.11. The van der Waals surface area contributed by atoms with E-state index < -0.39 is 11.4 Å². The van der Waals surface area contributed by atoms with E-state index in [1.54, 1.807) is 5.57 Å². The fourth-order valence-electron chi connectivity index (χ4n) is 7.11. The minimum absolute atomic E-state index is 0.192. The van der Waals surface area contributed by atoms with Gasteiger partial charge in [0.2, 0.25) is 0 Å². The van der Waals surface area contributed by atoms with Crippen LogP contribution in [0.25, 0.3) is 0 Å². The molecular weight excluding hydrogens is 420 g/mol. The van der Waals surface area contributed by atoms with Crippen LogP contribution in [0.15, 0.2) is 10.6 Å². The van der Waals surface area contributed by atoms with Gasteiger partial charge in [-0.1, -0.05) is 35.4 Å². The van der Waals surface area contributed by atoms with Gasteiger partial charge >= 0.3 is 5.97 Å². The first-order valence-corrected chi connectivity index (χ1v) is 11.9. The molecule has 158 valence electrons. The zero-order valence-electron chi connectivity index (χ0n) is 17.9. The van der Waals surface area contributed by atoms with Crippen molar-refractivity contribution in [2.24, 2.45) is 29.1 Å². The van der Waals surface area contributed by atoms with Gasteiger partial charge in [-0.25, -0.2) is 4.79 Å². The number of rotatable bonds is 3. The average molecular weight is 455 g/mol. The van der Waals surface area contributed by atoms with Gasteiger partial charge in [0.05, 0.1) is 6.61 Å². The van der Waals surface area contributed by atoms with Crippen molar-refractivity contribution in [1.29, 1.82) is 0 Å². The zero-order chi connectivity index (χ0) is 20.3. The minimum Gasteiger partial charge on any atom is -0.463 e. The van der Waals surface area contributed by atoms with Gasteiger partial charge < -0.3 is 14.2 Å². The summed E-state index contributed by atoms with van der Waals surface area (Å²) in [7, 11) is 0. The Morgan fingerprint density at radius 3 is 2.71 bits per heavy atom. The van der Waals surface area contributed by atoms with E-state index in [0.717, 1.165) is 6.42 Å². The van der Waals surface area contributed by atoms with E-state index in [2.05, 4.69) is 34.8 Å². The standard InChI is InChI=1S/C23H35BrO4/c1-14(17-8-9-18-15(12-24)7-6-10-22(17,18)4)11-16-13-26-20(25)23(5)19(16)27-21(2,3)28-23/h12,14,16-19H,6-11,13H2,1-5H3/b15-12+/t14-,16-,17-,18?,19-,22-,23-/m1/s1. The van der Waals surface area contributed by atoms with E-state index >= 15 is 0 Å². The Labute approximate surface area is 177 Å². The Hall–Kier alpha value is -0.390. The number of carbonyl (C=O) groups excluding carboxylic acids is 1. The van der Waals surface area contributed by atoms with Gasteiger partial charge in [0, 0.05) is 5.92 Å². The van der Waals surface area contributed by atoms with Crippen molar-refractivity contribution in [3.63, 3.8) is 0 Å². The van der Waals surface area contributed by atoms with Crippen LogP contribution >= 0.6 is 15.9 Å². The fourth-order valence-corrected chi connectivity index (χ4v) is 7.66. The molecule has 2 aliphatic carbocycles. The van der Waals surface area contributed by atoms with Crippen LogP contribution in [0, 0.1) is 29.1 Å². The number of allylic oxidation sites excluding steroid dienone is 1. The van der Waals surface area contributed by atoms with Gasteiger partial charge in [0.1, 0.15) is 6.10 Å². The predicted octanol–water partition coefficient (Wildman–Crippen LogP) is 5.59. The number of hydrogen-bond acceptors (Lipinski definition) is 4. The van der Waals surface area contributed by atoms with Crippen molar-refractivity contribution in [1.82, 2.24) is 0 Å². The fraction of sp³-hybridized carbons (Fsp3) is 0.870. The van der Waals surface area contributed by atoms with Crippen molar-refractivity contribution in [2.45, 2.75) is 90.6 Å². The number of hydrogen-bond donors (Lipinski definition) is 0. The van der Waals surface area contributed by atoms with Crippen LogP contribution in [0.4, 0.5) is 0 Å². The second-order valence-electron chi connectivity index (χ2n) is 10.5. The molecule has 0 aromatic rings. The molecule has 2 saturated heterocycles. The average Bonchev–Trinajstić information content (AvgIpc) is 3.11. The summed E-state index contributed by atoms with van der Waals surface area (Å²) in [5.41, 5.74) is 1.01. The molecule has 0 spiro atoms. The summed E-state index contributed by atoms with van der Waals surface area (Å²) in [6.45, 7) is 11.0. The third-order valence-corrected chi connectivity index (χ3v) is 8.80. The van der Waals surface area contributed by atoms with Crippen LogP contribution in [0.2, 0.25) is 0 Å². The predicted molar refractivity (Wildman–Crippen MR) is 112 cm³/mol. The van der Waals surface area contributed by atoms with E-state index in [4.69, 9.17) is 14.2 Å². The van der Waals surface area contributed by atoms with E-state index in [1.165, 1.54) is 32.1 Å². The van der Waals surface area contributed by atoms with Crippen molar-refractivity contribution in [3.05, 3.63) is 10.6 Å². The quantitative estimate of drug-likeness (QED) is 0.521. The topological polar surface area (TPSA) is 44.8 Å². The highest BCUT2D eigenvalue weighted by atomic mass is 79.9. The smallest absolute Gasteiger partial charge is 0.341 e. The number of carbonyl (C=O) groups is 1. The zero-order valence-corrected chi connectivity index (χ0v) is 19.5. The molecule has 28 heavy (non-hydrogen) atoms. The third-order valence-electron chi connectivity index (χ3n) is 8.21. The molecule has 4 fully saturated rings. The van der Waals surface area contributed by atoms with Crippen molar-refractivity contribution in [2.75, 3.05) is 6.61 Å². The molecular formula is C23H35BrO4. The van der Waals surface area contributed by atoms with Gasteiger partial charge in [-0.2, -0.15) is 0 Å². The van der Waals surface area contributed by atoms with E-state index in [-0.39, 0.29) is 18.0 Å². The first-order valence-electron chi connectivity index (χ1n) is 10.9. The van der Waals surface area contributed by atoms with E-state index in [9.17, 15) is 4.79 Å². The molecule has 7 atom stereocenters. The lowest BCUT2D eigenvalue weighted by Crippen LogP contribution is -2.55. The summed E-state index contributed by atoms with van der Waals surface area (Å²) in [4.78, 5) is 14.6. The number of cyclic esters (lactones) is 1. The van der Waals surface area contributed by atoms with E-state index in [1.807, 2.05) is 20.8 Å². The highest BCUT2D eigenvalue weighted by Crippen LogP contribution is 2.60. The highest BCUT2D eigenvalue weighted by Gasteiger charge is 2.61. The molecule has 0 radical (unpaired) electrons. The van der Waals surface area contributed by atoms with Crippen LogP contribution in [0.1, 0.15) is 73.1 Å². The summed E-state index contributed by atoms with van der Waals surface area (Å²) < 4.78 is 17.8. The normalized spacial score (nSPS) is 47.5. The summed E-state index contributed by atoms with van der Waals surface area (Å²) in [5, 5.41) is 0. The Bertz CT molecular complexity index is 674. The molecule has 2 aliphatic heterocycles. The van der Waals surface area contributed by atoms with Gasteiger partial charge in [0.25, 0.3) is 0 Å². The first kappa shape index (κ1) is 20.9. The third kappa shape index (κ3) is 3.20. The number of fused-ring (bicyclic) bond motifs is 2.